The Morgan fingerprint density at radius 2 is 2.50 bits per heavy atom. The van der Waals surface area contributed by atoms with E-state index >= 15 is 0 Å². The fourth-order valence-electron chi connectivity index (χ4n) is 0.830. The Balaban J connectivity index is 3.07. The number of H-pyrrole nitrogens is 1. The van der Waals surface area contributed by atoms with Gasteiger partial charge in [0.15, 0.2) is 0 Å². The number of aliphatic hydroxyl groups is 1. The summed E-state index contributed by atoms with van der Waals surface area (Å²) in [5.41, 5.74) is 2.10. The molecule has 0 amide bonds. The van der Waals surface area contributed by atoms with Crippen molar-refractivity contribution in [1.29, 1.82) is 5.26 Å². The fraction of sp³-hybridized carbons (Fsp3) is 0.286. The van der Waals surface area contributed by atoms with Gasteiger partial charge in [-0.05, 0) is 18.6 Å². The molecule has 0 bridgehead atoms. The van der Waals surface area contributed by atoms with Crippen molar-refractivity contribution in [3.05, 3.63) is 23.0 Å². The van der Waals surface area contributed by atoms with Gasteiger partial charge in [0.05, 0.1) is 6.61 Å². The molecule has 10 heavy (non-hydrogen) atoms. The van der Waals surface area contributed by atoms with Gasteiger partial charge in [0.25, 0.3) is 0 Å². The molecule has 0 spiro atoms. The summed E-state index contributed by atoms with van der Waals surface area (Å²) in [5.74, 6) is 0. The van der Waals surface area contributed by atoms with Gasteiger partial charge in [-0.15, -0.1) is 0 Å². The van der Waals surface area contributed by atoms with E-state index in [0.29, 0.717) is 11.4 Å². The molecule has 0 saturated carbocycles. The van der Waals surface area contributed by atoms with Crippen molar-refractivity contribution in [3.8, 4) is 6.07 Å². The second-order valence-electron chi connectivity index (χ2n) is 2.12. The van der Waals surface area contributed by atoms with Gasteiger partial charge in [0, 0.05) is 5.69 Å². The van der Waals surface area contributed by atoms with Gasteiger partial charge in [0.2, 0.25) is 0 Å². The third-order valence-electron chi connectivity index (χ3n) is 1.35. The van der Waals surface area contributed by atoms with Crippen LogP contribution >= 0.6 is 0 Å². The SMILES string of the molecule is Cc1cc(CO)[nH]c1C#N. The quantitative estimate of drug-likeness (QED) is 0.596. The highest BCUT2D eigenvalue weighted by molar-refractivity contribution is 5.33. The molecule has 2 N–H and O–H groups in total. The zero-order valence-corrected chi connectivity index (χ0v) is 5.68. The van der Waals surface area contributed by atoms with Crippen LogP contribution in [-0.2, 0) is 6.61 Å². The lowest BCUT2D eigenvalue weighted by molar-refractivity contribution is 0.277. The smallest absolute Gasteiger partial charge is 0.120 e. The van der Waals surface area contributed by atoms with Crippen LogP contribution in [0.2, 0.25) is 0 Å². The minimum atomic E-state index is -0.0392. The first kappa shape index (κ1) is 6.84. The van der Waals surface area contributed by atoms with Crippen molar-refractivity contribution in [1.82, 2.24) is 4.98 Å². The molecule has 1 rings (SSSR count). The van der Waals surface area contributed by atoms with Crippen LogP contribution in [0.15, 0.2) is 6.07 Å². The lowest BCUT2D eigenvalue weighted by Gasteiger charge is -1.83. The maximum absolute atomic E-state index is 8.63. The molecule has 0 unspecified atom stereocenters. The molecule has 1 aromatic heterocycles. The normalized spacial score (nSPS) is 9.30. The van der Waals surface area contributed by atoms with Crippen molar-refractivity contribution in [3.63, 3.8) is 0 Å². The van der Waals surface area contributed by atoms with E-state index in [1.54, 1.807) is 6.07 Å². The largest absolute Gasteiger partial charge is 0.390 e. The van der Waals surface area contributed by atoms with Gasteiger partial charge in [0.1, 0.15) is 11.8 Å². The van der Waals surface area contributed by atoms with Gasteiger partial charge in [-0.25, -0.2) is 0 Å². The fourth-order valence-corrected chi connectivity index (χ4v) is 0.830. The summed E-state index contributed by atoms with van der Waals surface area (Å²) < 4.78 is 0. The number of hydrogen-bond acceptors (Lipinski definition) is 2. The van der Waals surface area contributed by atoms with Crippen LogP contribution < -0.4 is 0 Å². The van der Waals surface area contributed by atoms with Crippen LogP contribution in [-0.4, -0.2) is 10.1 Å². The zero-order valence-electron chi connectivity index (χ0n) is 5.68. The number of hydrogen-bond donors (Lipinski definition) is 2. The predicted octanol–water partition coefficient (Wildman–Crippen LogP) is 0.687. The zero-order chi connectivity index (χ0) is 7.56. The predicted molar refractivity (Wildman–Crippen MR) is 36.2 cm³/mol. The van der Waals surface area contributed by atoms with Crippen LogP contribution in [0, 0.1) is 18.3 Å². The number of aliphatic hydroxyl groups excluding tert-OH is 1. The van der Waals surface area contributed by atoms with E-state index in [4.69, 9.17) is 10.4 Å². The average molecular weight is 136 g/mol. The van der Waals surface area contributed by atoms with Gasteiger partial charge in [-0.1, -0.05) is 0 Å². The lowest BCUT2D eigenvalue weighted by atomic mass is 10.3. The summed E-state index contributed by atoms with van der Waals surface area (Å²) in [6.45, 7) is 1.79. The van der Waals surface area contributed by atoms with E-state index in [2.05, 4.69) is 4.98 Å². The summed E-state index contributed by atoms with van der Waals surface area (Å²) in [5, 5.41) is 17.1. The molecule has 0 fully saturated rings. The maximum Gasteiger partial charge on any atom is 0.120 e. The van der Waals surface area contributed by atoms with E-state index in [1.807, 2.05) is 13.0 Å². The maximum atomic E-state index is 8.63. The summed E-state index contributed by atoms with van der Waals surface area (Å²) in [6.07, 6.45) is 0. The van der Waals surface area contributed by atoms with Gasteiger partial charge in [-0.3, -0.25) is 0 Å². The molecular formula is C7H8N2O. The van der Waals surface area contributed by atoms with Crippen molar-refractivity contribution < 1.29 is 5.11 Å². The van der Waals surface area contributed by atoms with Gasteiger partial charge < -0.3 is 10.1 Å². The molecular weight excluding hydrogens is 128 g/mol. The minimum absolute atomic E-state index is 0.0392. The summed E-state index contributed by atoms with van der Waals surface area (Å²) in [7, 11) is 0. The first-order valence-electron chi connectivity index (χ1n) is 2.97. The highest BCUT2D eigenvalue weighted by Gasteiger charge is 2.00. The first-order valence-corrected chi connectivity index (χ1v) is 2.97. The monoisotopic (exact) mass is 136 g/mol. The Morgan fingerprint density at radius 3 is 2.80 bits per heavy atom. The second kappa shape index (κ2) is 2.54. The van der Waals surface area contributed by atoms with Crippen LogP contribution in [0.1, 0.15) is 17.0 Å². The van der Waals surface area contributed by atoms with E-state index < -0.39 is 0 Å². The van der Waals surface area contributed by atoms with Crippen LogP contribution in [0.5, 0.6) is 0 Å². The number of aromatic nitrogens is 1. The number of nitrogens with one attached hydrogen (secondary N) is 1. The molecule has 0 aliphatic heterocycles. The summed E-state index contributed by atoms with van der Waals surface area (Å²) in [6, 6.07) is 3.75. The highest BCUT2D eigenvalue weighted by Crippen LogP contribution is 2.07. The van der Waals surface area contributed by atoms with E-state index in [9.17, 15) is 0 Å². The number of aryl methyl sites for hydroxylation is 1. The minimum Gasteiger partial charge on any atom is -0.390 e. The van der Waals surface area contributed by atoms with Crippen molar-refractivity contribution in [2.75, 3.05) is 0 Å². The molecule has 0 radical (unpaired) electrons. The lowest BCUT2D eigenvalue weighted by Crippen LogP contribution is -1.81. The molecule has 1 heterocycles. The molecule has 0 atom stereocenters. The number of aromatic amines is 1. The third kappa shape index (κ3) is 1.02. The molecule has 1 aromatic rings. The van der Waals surface area contributed by atoms with E-state index in [1.165, 1.54) is 0 Å². The third-order valence-corrected chi connectivity index (χ3v) is 1.35. The van der Waals surface area contributed by atoms with Gasteiger partial charge in [-0.2, -0.15) is 5.26 Å². The van der Waals surface area contributed by atoms with Crippen LogP contribution in [0.4, 0.5) is 0 Å². The molecule has 0 saturated heterocycles. The molecule has 3 heteroatoms. The van der Waals surface area contributed by atoms with Crippen molar-refractivity contribution in [2.45, 2.75) is 13.5 Å². The Bertz CT molecular complexity index is 270. The number of rotatable bonds is 1. The van der Waals surface area contributed by atoms with E-state index in [-0.39, 0.29) is 6.61 Å². The molecule has 0 aliphatic rings. The summed E-state index contributed by atoms with van der Waals surface area (Å²) in [4.78, 5) is 2.77. The second-order valence-corrected chi connectivity index (χ2v) is 2.12. The Kier molecular flexibility index (Phi) is 1.74. The topological polar surface area (TPSA) is 59.8 Å². The molecule has 52 valence electrons. The molecule has 0 aliphatic carbocycles. The van der Waals surface area contributed by atoms with E-state index in [0.717, 1.165) is 5.56 Å². The highest BCUT2D eigenvalue weighted by atomic mass is 16.3. The average Bonchev–Trinajstić information content (AvgIpc) is 2.30. The van der Waals surface area contributed by atoms with Crippen LogP contribution in [0.3, 0.4) is 0 Å². The Morgan fingerprint density at radius 1 is 1.80 bits per heavy atom. The van der Waals surface area contributed by atoms with Crippen LogP contribution in [0.25, 0.3) is 0 Å². The Hall–Kier alpha value is -1.27. The van der Waals surface area contributed by atoms with Gasteiger partial charge >= 0.3 is 0 Å². The molecule has 3 nitrogen and oxygen atoms in total. The van der Waals surface area contributed by atoms with Crippen molar-refractivity contribution in [2.24, 2.45) is 0 Å². The number of nitriles is 1. The van der Waals surface area contributed by atoms with Crippen molar-refractivity contribution >= 4 is 0 Å². The number of nitrogens with zero attached hydrogens (tertiary/aromatic N) is 1. The standard InChI is InChI=1S/C7H8N2O/c1-5-2-6(4-10)9-7(5)3-8/h2,9-10H,4H2,1H3. The summed E-state index contributed by atoms with van der Waals surface area (Å²) >= 11 is 0. The molecule has 0 aromatic carbocycles. The Labute approximate surface area is 58.9 Å². The first-order chi connectivity index (χ1) is 4.77.